The van der Waals surface area contributed by atoms with Crippen molar-refractivity contribution in [3.8, 4) is 0 Å². The molecule has 1 saturated carbocycles. The maximum atomic E-state index is 12.2. The Hall–Kier alpha value is -0.840. The first-order valence-corrected chi connectivity index (χ1v) is 8.33. The fraction of sp³-hybridized carbons (Fsp3) is 0.471. The zero-order valence-corrected chi connectivity index (χ0v) is 14.3. The van der Waals surface area contributed by atoms with Crippen molar-refractivity contribution in [3.63, 3.8) is 0 Å². The molecule has 1 aliphatic rings. The Morgan fingerprint density at radius 3 is 2.85 bits per heavy atom. The van der Waals surface area contributed by atoms with Crippen LogP contribution in [-0.4, -0.2) is 11.8 Å². The highest BCUT2D eigenvalue weighted by atomic mass is 127. The van der Waals surface area contributed by atoms with Gasteiger partial charge in [0.25, 0.3) is 0 Å². The second-order valence-corrected chi connectivity index (χ2v) is 6.88. The van der Waals surface area contributed by atoms with Gasteiger partial charge in [-0.05, 0) is 67.8 Å². The third kappa shape index (κ3) is 4.08. The van der Waals surface area contributed by atoms with Gasteiger partial charge in [-0.15, -0.1) is 0 Å². The van der Waals surface area contributed by atoms with Gasteiger partial charge in [0.05, 0.1) is 0 Å². The van der Waals surface area contributed by atoms with E-state index < -0.39 is 0 Å². The normalized spacial score (nSPS) is 22.4. The Bertz CT molecular complexity index is 505. The summed E-state index contributed by atoms with van der Waals surface area (Å²) in [5.41, 5.74) is 2.44. The van der Waals surface area contributed by atoms with Gasteiger partial charge in [-0.25, -0.2) is 0 Å². The van der Waals surface area contributed by atoms with Crippen LogP contribution in [0.1, 0.15) is 39.5 Å². The van der Waals surface area contributed by atoms with Gasteiger partial charge in [0.15, 0.2) is 0 Å². The second kappa shape index (κ2) is 7.25. The Morgan fingerprint density at radius 1 is 1.40 bits per heavy atom. The number of anilines is 1. The lowest BCUT2D eigenvalue weighted by molar-refractivity contribution is -0.124. The summed E-state index contributed by atoms with van der Waals surface area (Å²) in [6, 6.07) is 8.54. The van der Waals surface area contributed by atoms with Crippen molar-refractivity contribution in [1.29, 1.82) is 0 Å². The van der Waals surface area contributed by atoms with E-state index in [0.717, 1.165) is 31.4 Å². The lowest BCUT2D eigenvalue weighted by Gasteiger charge is -2.31. The number of para-hydroxylation sites is 1. The molecule has 1 aromatic rings. The standard InChI is InChI=1S/C17H22INO/c1-12(2)10-11-13-15(8-5-9-17(13)20)19-16-7-4-3-6-14(16)18/h3-4,6-7,10,13,15,19H,5,8-9,11H2,1-2H3. The van der Waals surface area contributed by atoms with Crippen molar-refractivity contribution in [2.24, 2.45) is 5.92 Å². The quantitative estimate of drug-likeness (QED) is 0.598. The van der Waals surface area contributed by atoms with Crippen LogP contribution in [0.4, 0.5) is 5.69 Å². The van der Waals surface area contributed by atoms with Crippen molar-refractivity contribution in [3.05, 3.63) is 39.5 Å². The monoisotopic (exact) mass is 383 g/mol. The molecular formula is C17H22INO. The molecule has 3 heteroatoms. The van der Waals surface area contributed by atoms with Crippen molar-refractivity contribution < 1.29 is 4.79 Å². The van der Waals surface area contributed by atoms with Gasteiger partial charge in [-0.1, -0.05) is 23.8 Å². The summed E-state index contributed by atoms with van der Waals surface area (Å²) in [6.45, 7) is 4.19. The predicted molar refractivity (Wildman–Crippen MR) is 93.0 cm³/mol. The van der Waals surface area contributed by atoms with Gasteiger partial charge < -0.3 is 5.32 Å². The number of hydrogen-bond acceptors (Lipinski definition) is 2. The molecule has 1 aliphatic carbocycles. The number of benzene rings is 1. The molecule has 0 aliphatic heterocycles. The van der Waals surface area contributed by atoms with E-state index in [1.807, 2.05) is 12.1 Å². The molecule has 0 amide bonds. The molecule has 20 heavy (non-hydrogen) atoms. The first-order chi connectivity index (χ1) is 9.58. The topological polar surface area (TPSA) is 29.1 Å². The summed E-state index contributed by atoms with van der Waals surface area (Å²) in [5, 5.41) is 3.60. The van der Waals surface area contributed by atoms with E-state index in [0.29, 0.717) is 5.78 Å². The van der Waals surface area contributed by atoms with Crippen LogP contribution in [-0.2, 0) is 4.79 Å². The Kier molecular flexibility index (Phi) is 5.64. The first kappa shape index (κ1) is 15.5. The number of carbonyl (C=O) groups excluding carboxylic acids is 1. The zero-order valence-electron chi connectivity index (χ0n) is 12.2. The van der Waals surface area contributed by atoms with E-state index in [1.165, 1.54) is 9.14 Å². The molecule has 2 nitrogen and oxygen atoms in total. The first-order valence-electron chi connectivity index (χ1n) is 7.25. The maximum Gasteiger partial charge on any atom is 0.138 e. The lowest BCUT2D eigenvalue weighted by atomic mass is 9.81. The molecule has 0 radical (unpaired) electrons. The summed E-state index contributed by atoms with van der Waals surface area (Å²) in [4.78, 5) is 12.2. The number of nitrogens with one attached hydrogen (secondary N) is 1. The molecule has 0 bridgehead atoms. The molecule has 2 rings (SSSR count). The zero-order chi connectivity index (χ0) is 14.5. The average molecular weight is 383 g/mol. The second-order valence-electron chi connectivity index (χ2n) is 5.71. The van der Waals surface area contributed by atoms with E-state index in [9.17, 15) is 4.79 Å². The molecule has 1 N–H and O–H groups in total. The molecule has 0 saturated heterocycles. The minimum Gasteiger partial charge on any atom is -0.381 e. The summed E-state index contributed by atoms with van der Waals surface area (Å²) < 4.78 is 1.21. The van der Waals surface area contributed by atoms with E-state index >= 15 is 0 Å². The summed E-state index contributed by atoms with van der Waals surface area (Å²) in [6.07, 6.45) is 5.88. The molecule has 0 aromatic heterocycles. The minimum absolute atomic E-state index is 0.120. The molecule has 1 aromatic carbocycles. The number of Topliss-reactive ketones (excluding diaryl/α,β-unsaturated/α-hetero) is 1. The van der Waals surface area contributed by atoms with Crippen LogP contribution < -0.4 is 5.32 Å². The van der Waals surface area contributed by atoms with E-state index in [1.54, 1.807) is 0 Å². The average Bonchev–Trinajstić information content (AvgIpc) is 2.40. The van der Waals surface area contributed by atoms with Gasteiger partial charge >= 0.3 is 0 Å². The Labute approximate surface area is 135 Å². The van der Waals surface area contributed by atoms with Gasteiger partial charge in [0.1, 0.15) is 5.78 Å². The van der Waals surface area contributed by atoms with Crippen molar-refractivity contribution in [1.82, 2.24) is 0 Å². The highest BCUT2D eigenvalue weighted by Gasteiger charge is 2.31. The smallest absolute Gasteiger partial charge is 0.138 e. The highest BCUT2D eigenvalue weighted by Crippen LogP contribution is 2.29. The fourth-order valence-electron chi connectivity index (χ4n) is 2.72. The SMILES string of the molecule is CC(C)=CCC1C(=O)CCCC1Nc1ccccc1I. The molecule has 108 valence electrons. The van der Waals surface area contributed by atoms with Crippen LogP contribution >= 0.6 is 22.6 Å². The third-order valence-electron chi connectivity index (χ3n) is 3.83. The number of halogens is 1. The van der Waals surface area contributed by atoms with Crippen LogP contribution in [0.3, 0.4) is 0 Å². The predicted octanol–water partition coefficient (Wildman–Crippen LogP) is 4.80. The number of ketones is 1. The van der Waals surface area contributed by atoms with E-state index in [2.05, 4.69) is 60.0 Å². The van der Waals surface area contributed by atoms with Gasteiger partial charge in [0, 0.05) is 27.6 Å². The van der Waals surface area contributed by atoms with Crippen LogP contribution in [0.5, 0.6) is 0 Å². The molecule has 0 spiro atoms. The van der Waals surface area contributed by atoms with Gasteiger partial charge in [-0.2, -0.15) is 0 Å². The van der Waals surface area contributed by atoms with Crippen molar-refractivity contribution in [2.75, 3.05) is 5.32 Å². The molecule has 1 fully saturated rings. The number of allylic oxidation sites excluding steroid dienone is 2. The molecule has 2 unspecified atom stereocenters. The Morgan fingerprint density at radius 2 is 2.15 bits per heavy atom. The van der Waals surface area contributed by atoms with Gasteiger partial charge in [-0.3, -0.25) is 4.79 Å². The lowest BCUT2D eigenvalue weighted by Crippen LogP contribution is -2.38. The largest absolute Gasteiger partial charge is 0.381 e. The van der Waals surface area contributed by atoms with E-state index in [4.69, 9.17) is 0 Å². The summed E-state index contributed by atoms with van der Waals surface area (Å²) >= 11 is 2.34. The van der Waals surface area contributed by atoms with Crippen molar-refractivity contribution >= 4 is 34.1 Å². The van der Waals surface area contributed by atoms with Crippen LogP contribution in [0, 0.1) is 9.49 Å². The molecular weight excluding hydrogens is 361 g/mol. The summed E-state index contributed by atoms with van der Waals surface area (Å²) in [7, 11) is 0. The third-order valence-corrected chi connectivity index (χ3v) is 4.77. The van der Waals surface area contributed by atoms with Crippen LogP contribution in [0.25, 0.3) is 0 Å². The highest BCUT2D eigenvalue weighted by molar-refractivity contribution is 14.1. The summed E-state index contributed by atoms with van der Waals surface area (Å²) in [5.74, 6) is 0.534. The fourth-order valence-corrected chi connectivity index (χ4v) is 3.26. The van der Waals surface area contributed by atoms with Crippen LogP contribution in [0.2, 0.25) is 0 Å². The molecule has 0 heterocycles. The minimum atomic E-state index is 0.120. The number of hydrogen-bond donors (Lipinski definition) is 1. The van der Waals surface area contributed by atoms with Gasteiger partial charge in [0.2, 0.25) is 0 Å². The van der Waals surface area contributed by atoms with E-state index in [-0.39, 0.29) is 12.0 Å². The number of carbonyl (C=O) groups is 1. The molecule has 2 atom stereocenters. The Balaban J connectivity index is 2.12. The maximum absolute atomic E-state index is 12.2. The van der Waals surface area contributed by atoms with Crippen molar-refractivity contribution in [2.45, 2.75) is 45.6 Å². The van der Waals surface area contributed by atoms with Crippen LogP contribution in [0.15, 0.2) is 35.9 Å². The number of rotatable bonds is 4.